The maximum atomic E-state index is 11.5. The summed E-state index contributed by atoms with van der Waals surface area (Å²) >= 11 is 3.46. The molecular weight excluding hydrogens is 282 g/mol. The van der Waals surface area contributed by atoms with Crippen molar-refractivity contribution in [1.82, 2.24) is 0 Å². The van der Waals surface area contributed by atoms with Gasteiger partial charge < -0.3 is 16.0 Å². The first kappa shape index (κ1) is 12.0. The molecular formula is C12H12BrN3O. The van der Waals surface area contributed by atoms with Gasteiger partial charge in [0.15, 0.2) is 0 Å². The highest BCUT2D eigenvalue weighted by molar-refractivity contribution is 9.10. The zero-order valence-electron chi connectivity index (χ0n) is 9.33. The fraction of sp³-hybridized carbons (Fsp3) is 0.250. The first-order valence-electron chi connectivity index (χ1n) is 5.09. The second-order valence-corrected chi connectivity index (χ2v) is 4.77. The average molecular weight is 294 g/mol. The summed E-state index contributed by atoms with van der Waals surface area (Å²) in [5, 5.41) is 2.75. The van der Waals surface area contributed by atoms with Crippen LogP contribution in [0.25, 0.3) is 0 Å². The lowest BCUT2D eigenvalue weighted by molar-refractivity contribution is -0.116. The molecule has 3 N–H and O–H groups in total. The van der Waals surface area contributed by atoms with Gasteiger partial charge in [-0.15, -0.1) is 6.42 Å². The molecule has 5 heteroatoms. The van der Waals surface area contributed by atoms with Crippen molar-refractivity contribution in [1.29, 1.82) is 0 Å². The normalized spacial score (nSPS) is 17.3. The summed E-state index contributed by atoms with van der Waals surface area (Å²) in [5.74, 6) is 2.39. The minimum Gasteiger partial charge on any atom is -0.362 e. The Morgan fingerprint density at radius 1 is 1.65 bits per heavy atom. The van der Waals surface area contributed by atoms with Gasteiger partial charge in [-0.05, 0) is 28.1 Å². The number of carbonyl (C=O) groups is 1. The van der Waals surface area contributed by atoms with Crippen LogP contribution in [0.4, 0.5) is 11.4 Å². The van der Waals surface area contributed by atoms with Crippen LogP contribution in [0.5, 0.6) is 0 Å². The lowest BCUT2D eigenvalue weighted by Crippen LogP contribution is -2.19. The molecule has 1 aliphatic heterocycles. The topological polar surface area (TPSA) is 58.4 Å². The fourth-order valence-electron chi connectivity index (χ4n) is 1.81. The molecule has 0 aromatic heterocycles. The zero-order chi connectivity index (χ0) is 12.6. The van der Waals surface area contributed by atoms with E-state index in [1.54, 1.807) is 0 Å². The number of nitrogens with one attached hydrogen (secondary N) is 1. The molecule has 0 saturated heterocycles. The van der Waals surface area contributed by atoms with Gasteiger partial charge in [-0.3, -0.25) is 4.79 Å². The van der Waals surface area contributed by atoms with Crippen molar-refractivity contribution in [2.24, 2.45) is 5.73 Å². The summed E-state index contributed by atoms with van der Waals surface area (Å²) < 4.78 is 0.876. The van der Waals surface area contributed by atoms with Gasteiger partial charge in [0, 0.05) is 22.8 Å². The number of nitrogens with zero attached hydrogens (tertiary/aromatic N) is 1. The van der Waals surface area contributed by atoms with Gasteiger partial charge >= 0.3 is 0 Å². The van der Waals surface area contributed by atoms with Crippen molar-refractivity contribution in [3.63, 3.8) is 0 Å². The Balaban J connectivity index is 2.44. The van der Waals surface area contributed by atoms with Crippen LogP contribution in [0.15, 0.2) is 16.6 Å². The molecule has 1 aromatic rings. The Kier molecular flexibility index (Phi) is 3.09. The molecule has 2 rings (SSSR count). The number of amides is 1. The predicted octanol–water partition coefficient (Wildman–Crippen LogP) is 1.47. The van der Waals surface area contributed by atoms with E-state index >= 15 is 0 Å². The number of nitrogens with two attached hydrogens (primary N) is 1. The zero-order valence-corrected chi connectivity index (χ0v) is 10.9. The highest BCUT2D eigenvalue weighted by Gasteiger charge is 2.28. The van der Waals surface area contributed by atoms with E-state index in [1.807, 2.05) is 24.1 Å². The quantitative estimate of drug-likeness (QED) is 0.812. The monoisotopic (exact) mass is 293 g/mol. The first-order chi connectivity index (χ1) is 8.04. The molecule has 1 unspecified atom stereocenters. The minimum atomic E-state index is -0.590. The number of rotatable bonds is 2. The highest BCUT2D eigenvalue weighted by atomic mass is 79.9. The third-order valence-corrected chi connectivity index (χ3v) is 3.37. The largest absolute Gasteiger partial charge is 0.362 e. The average Bonchev–Trinajstić information content (AvgIpc) is 2.55. The number of halogens is 1. The van der Waals surface area contributed by atoms with Gasteiger partial charge in [0.05, 0.1) is 12.2 Å². The van der Waals surface area contributed by atoms with Gasteiger partial charge in [-0.1, -0.05) is 5.92 Å². The van der Waals surface area contributed by atoms with Crippen LogP contribution in [-0.2, 0) is 4.79 Å². The summed E-state index contributed by atoms with van der Waals surface area (Å²) in [6, 6.07) is 3.15. The molecule has 1 aliphatic rings. The Morgan fingerprint density at radius 2 is 2.35 bits per heavy atom. The number of hydrogen-bond donors (Lipinski definition) is 2. The van der Waals surface area contributed by atoms with E-state index in [9.17, 15) is 4.79 Å². The van der Waals surface area contributed by atoms with Crippen molar-refractivity contribution in [3.8, 4) is 12.3 Å². The van der Waals surface area contributed by atoms with Crippen LogP contribution in [0.3, 0.4) is 0 Å². The summed E-state index contributed by atoms with van der Waals surface area (Å²) in [7, 11) is 1.89. The van der Waals surface area contributed by atoms with Gasteiger partial charge in [-0.25, -0.2) is 0 Å². The molecule has 0 fully saturated rings. The van der Waals surface area contributed by atoms with E-state index in [1.165, 1.54) is 0 Å². The molecule has 17 heavy (non-hydrogen) atoms. The maximum absolute atomic E-state index is 11.5. The smallest absolute Gasteiger partial charge is 0.245 e. The standard InChI is InChI=1S/C12H12BrN3O/c1-3-4-16(2)10-6-9-7(5-8(10)13)11(14)12(17)15-9/h1,5-6,11H,4,14H2,2H3,(H,15,17). The first-order valence-corrected chi connectivity index (χ1v) is 5.88. The van der Waals surface area contributed by atoms with Gasteiger partial charge in [0.25, 0.3) is 0 Å². The number of hydrogen-bond acceptors (Lipinski definition) is 3. The number of benzene rings is 1. The van der Waals surface area contributed by atoms with Crippen LogP contribution in [-0.4, -0.2) is 19.5 Å². The lowest BCUT2D eigenvalue weighted by atomic mass is 10.1. The molecule has 1 heterocycles. The number of carbonyl (C=O) groups excluding carboxylic acids is 1. The summed E-state index contributed by atoms with van der Waals surface area (Å²) in [6.45, 7) is 0.497. The minimum absolute atomic E-state index is 0.177. The Bertz CT molecular complexity index is 521. The third kappa shape index (κ3) is 2.02. The highest BCUT2D eigenvalue weighted by Crippen LogP contribution is 2.37. The number of terminal acetylenes is 1. The van der Waals surface area contributed by atoms with Crippen LogP contribution in [0.2, 0.25) is 0 Å². The Labute approximate surface area is 108 Å². The van der Waals surface area contributed by atoms with Crippen LogP contribution < -0.4 is 16.0 Å². The third-order valence-electron chi connectivity index (χ3n) is 2.73. The number of fused-ring (bicyclic) bond motifs is 1. The molecule has 1 amide bonds. The van der Waals surface area contributed by atoms with Crippen molar-refractivity contribution < 1.29 is 4.79 Å². The summed E-state index contributed by atoms with van der Waals surface area (Å²) in [6.07, 6.45) is 5.28. The van der Waals surface area contributed by atoms with Crippen molar-refractivity contribution in [2.75, 3.05) is 23.8 Å². The molecule has 4 nitrogen and oxygen atoms in total. The summed E-state index contributed by atoms with van der Waals surface area (Å²) in [5.41, 5.74) is 8.25. The van der Waals surface area contributed by atoms with Gasteiger partial charge in [0.1, 0.15) is 6.04 Å². The lowest BCUT2D eigenvalue weighted by Gasteiger charge is -2.19. The van der Waals surface area contributed by atoms with Crippen LogP contribution in [0.1, 0.15) is 11.6 Å². The molecule has 0 spiro atoms. The predicted molar refractivity (Wildman–Crippen MR) is 71.8 cm³/mol. The molecule has 88 valence electrons. The summed E-state index contributed by atoms with van der Waals surface area (Å²) in [4.78, 5) is 13.4. The molecule has 0 aliphatic carbocycles. The van der Waals surface area contributed by atoms with Crippen LogP contribution in [0, 0.1) is 12.3 Å². The fourth-order valence-corrected chi connectivity index (χ4v) is 2.47. The molecule has 1 atom stereocenters. The van der Waals surface area contributed by atoms with E-state index in [0.29, 0.717) is 6.54 Å². The van der Waals surface area contributed by atoms with Crippen LogP contribution >= 0.6 is 15.9 Å². The molecule has 0 radical (unpaired) electrons. The van der Waals surface area contributed by atoms with Gasteiger partial charge in [-0.2, -0.15) is 0 Å². The second-order valence-electron chi connectivity index (χ2n) is 3.92. The number of anilines is 2. The van der Waals surface area contributed by atoms with Crippen molar-refractivity contribution in [2.45, 2.75) is 6.04 Å². The molecule has 0 bridgehead atoms. The molecule has 1 aromatic carbocycles. The van der Waals surface area contributed by atoms with E-state index in [4.69, 9.17) is 12.2 Å². The van der Waals surface area contributed by atoms with Crippen molar-refractivity contribution >= 4 is 33.2 Å². The van der Waals surface area contributed by atoms with Crippen molar-refractivity contribution in [3.05, 3.63) is 22.2 Å². The van der Waals surface area contributed by atoms with Gasteiger partial charge in [0.2, 0.25) is 5.91 Å². The second kappa shape index (κ2) is 4.40. The Morgan fingerprint density at radius 3 is 3.00 bits per heavy atom. The Hall–Kier alpha value is -1.51. The maximum Gasteiger partial charge on any atom is 0.245 e. The van der Waals surface area contributed by atoms with E-state index in [2.05, 4.69) is 27.2 Å². The van der Waals surface area contributed by atoms with E-state index in [-0.39, 0.29) is 5.91 Å². The van der Waals surface area contributed by atoms with E-state index in [0.717, 1.165) is 21.4 Å². The molecule has 0 saturated carbocycles. The van der Waals surface area contributed by atoms with E-state index < -0.39 is 6.04 Å². The SMILES string of the molecule is C#CCN(C)c1cc2c(cc1Br)C(N)C(=O)N2.